The van der Waals surface area contributed by atoms with Gasteiger partial charge in [-0.15, -0.1) is 0 Å². The number of H-pyrrole nitrogens is 2. The van der Waals surface area contributed by atoms with Crippen LogP contribution in [0.4, 0.5) is 0 Å². The van der Waals surface area contributed by atoms with Crippen LogP contribution in [-0.4, -0.2) is 288 Å². The van der Waals surface area contributed by atoms with Crippen LogP contribution in [-0.2, 0) is 110 Å². The molecule has 0 radical (unpaired) electrons. The number of primary amides is 1. The first-order valence-electron chi connectivity index (χ1n) is 44.9. The number of aliphatic carboxylic acids is 1. The monoisotopic (exact) mass is 1940 g/mol. The predicted octanol–water partition coefficient (Wildman–Crippen LogP) is -3.84. The average molecular weight is 1940 g/mol. The molecule has 44 nitrogen and oxygen atoms in total. The lowest BCUT2D eigenvalue weighted by Crippen LogP contribution is -2.62. The van der Waals surface area contributed by atoms with Crippen molar-refractivity contribution >= 4 is 159 Å². The van der Waals surface area contributed by atoms with Gasteiger partial charge in [-0.1, -0.05) is 104 Å². The molecule has 0 unspecified atom stereocenters. The number of para-hydroxylation sites is 2. The largest absolute Gasteiger partial charge is 0.508 e. The summed E-state index contributed by atoms with van der Waals surface area (Å²) in [6.07, 6.45) is -1.11. The molecule has 0 saturated carbocycles. The van der Waals surface area contributed by atoms with Crippen molar-refractivity contribution < 1.29 is 112 Å². The fourth-order valence-electron chi connectivity index (χ4n) is 14.8. The Labute approximate surface area is 797 Å². The van der Waals surface area contributed by atoms with Gasteiger partial charge in [0, 0.05) is 77.9 Å². The fraction of sp³-hybridized carbons (Fsp3) is 0.544. The minimum atomic E-state index is -1.86. The summed E-state index contributed by atoms with van der Waals surface area (Å²) in [6.45, 7) is 16.1. The van der Waals surface area contributed by atoms with Crippen LogP contribution in [0, 0.1) is 23.7 Å². The molecule has 1 aliphatic rings. The Hall–Kier alpha value is -12.9. The van der Waals surface area contributed by atoms with Crippen LogP contribution in [0.3, 0.4) is 0 Å². The highest BCUT2D eigenvalue weighted by atomic mass is 32.1. The van der Waals surface area contributed by atoms with Gasteiger partial charge in [0.05, 0.1) is 37.9 Å². The molecule has 17 atom stereocenters. The molecule has 2 aromatic heterocycles. The number of aliphatic hydroxyl groups is 2. The number of carbonyl (C=O) groups excluding carboxylic acids is 18. The molecule has 3 heterocycles. The number of carbonyl (C=O) groups is 19. The Balaban J connectivity index is 1.10. The van der Waals surface area contributed by atoms with Gasteiger partial charge in [-0.05, 0) is 131 Å². The van der Waals surface area contributed by atoms with Crippen molar-refractivity contribution in [2.75, 3.05) is 37.7 Å². The topological polar surface area (TPSA) is 685 Å². The number of hydrogen-bond acceptors (Lipinski definition) is 25. The summed E-state index contributed by atoms with van der Waals surface area (Å²) < 4.78 is 0. The van der Waals surface area contributed by atoms with Crippen molar-refractivity contribution in [3.05, 3.63) is 102 Å². The Morgan fingerprint density at radius 1 is 0.426 bits per heavy atom. The number of nitrogens with two attached hydrogens (primary N) is 2. The normalized spacial score (nSPS) is 16.0. The molecule has 46 heteroatoms. The summed E-state index contributed by atoms with van der Waals surface area (Å²) in [5, 5.41) is 82.9. The van der Waals surface area contributed by atoms with Crippen LogP contribution in [0.2, 0.25) is 0 Å². The van der Waals surface area contributed by atoms with Crippen molar-refractivity contribution in [2.24, 2.45) is 35.1 Å². The summed E-state index contributed by atoms with van der Waals surface area (Å²) in [6, 6.07) is -1.83. The molecule has 3 aromatic carbocycles. The van der Waals surface area contributed by atoms with Crippen LogP contribution < -0.4 is 96.5 Å². The maximum absolute atomic E-state index is 15.0. The van der Waals surface area contributed by atoms with E-state index in [-0.39, 0.29) is 92.9 Å². The van der Waals surface area contributed by atoms with E-state index in [0.717, 1.165) is 13.8 Å². The van der Waals surface area contributed by atoms with Crippen LogP contribution in [0.5, 0.6) is 5.75 Å². The zero-order valence-corrected chi connectivity index (χ0v) is 79.9. The molecule has 746 valence electrons. The van der Waals surface area contributed by atoms with E-state index in [4.69, 9.17) is 11.5 Å². The highest BCUT2D eigenvalue weighted by molar-refractivity contribution is 7.80. The van der Waals surface area contributed by atoms with Crippen LogP contribution in [0.25, 0.3) is 21.8 Å². The molecule has 136 heavy (non-hydrogen) atoms. The zero-order valence-electron chi connectivity index (χ0n) is 78.1. The van der Waals surface area contributed by atoms with Crippen LogP contribution in [0.15, 0.2) is 85.2 Å². The summed E-state index contributed by atoms with van der Waals surface area (Å²) in [7, 11) is 0. The van der Waals surface area contributed by atoms with E-state index >= 15 is 4.79 Å². The third-order valence-corrected chi connectivity index (χ3v) is 22.9. The molecule has 1 fully saturated rings. The number of amides is 18. The third-order valence-electron chi connectivity index (χ3n) is 22.2. The number of carboxylic acid groups (broad SMARTS) is 1. The number of phenolic OH excluding ortho intramolecular Hbond substituents is 1. The highest BCUT2D eigenvalue weighted by Gasteiger charge is 2.42. The van der Waals surface area contributed by atoms with E-state index in [1.807, 2.05) is 13.8 Å². The molecule has 0 aliphatic carbocycles. The number of aromatic amines is 2. The van der Waals surface area contributed by atoms with Gasteiger partial charge in [-0.3, -0.25) is 91.1 Å². The molecular weight excluding hydrogens is 1810 g/mol. The first kappa shape index (κ1) is 112. The number of hydrogen-bond donors (Lipinski definition) is 26. The quantitative estimate of drug-likeness (QED) is 0.0166. The number of phenols is 1. The summed E-state index contributed by atoms with van der Waals surface area (Å²) in [5.41, 5.74) is 14.3. The van der Waals surface area contributed by atoms with Gasteiger partial charge in [0.2, 0.25) is 106 Å². The Morgan fingerprint density at radius 2 is 0.831 bits per heavy atom. The molecule has 5 aromatic rings. The number of thiol groups is 2. The van der Waals surface area contributed by atoms with Gasteiger partial charge in [0.15, 0.2) is 0 Å². The van der Waals surface area contributed by atoms with Crippen molar-refractivity contribution in [2.45, 2.75) is 250 Å². The Bertz CT molecular complexity index is 5050. The summed E-state index contributed by atoms with van der Waals surface area (Å²) in [5.74, 6) is -19.8. The molecule has 0 bridgehead atoms. The van der Waals surface area contributed by atoms with Crippen molar-refractivity contribution in [3.8, 4) is 5.75 Å². The van der Waals surface area contributed by atoms with Gasteiger partial charge in [-0.2, -0.15) is 25.3 Å². The molecule has 6 rings (SSSR count). The van der Waals surface area contributed by atoms with Crippen LogP contribution >= 0.6 is 25.3 Å². The number of benzene rings is 3. The smallest absolute Gasteiger partial charge is 0.325 e. The molecule has 0 spiro atoms. The number of aliphatic hydroxyl groups excluding tert-OH is 2. The minimum absolute atomic E-state index is 0.00862. The van der Waals surface area contributed by atoms with E-state index in [1.165, 1.54) is 56.9 Å². The van der Waals surface area contributed by atoms with Crippen molar-refractivity contribution in [1.29, 1.82) is 0 Å². The second-order valence-corrected chi connectivity index (χ2v) is 36.1. The Morgan fingerprint density at radius 3 is 1.32 bits per heavy atom. The maximum atomic E-state index is 15.0. The lowest BCUT2D eigenvalue weighted by atomic mass is 10.0. The number of nitrogens with zero attached hydrogens (tertiary/aromatic N) is 1. The predicted molar refractivity (Wildman–Crippen MR) is 504 cm³/mol. The lowest BCUT2D eigenvalue weighted by molar-refractivity contribution is -0.142. The van der Waals surface area contributed by atoms with E-state index in [9.17, 15) is 107 Å². The van der Waals surface area contributed by atoms with Gasteiger partial charge < -0.3 is 132 Å². The van der Waals surface area contributed by atoms with Crippen LogP contribution in [0.1, 0.15) is 145 Å². The summed E-state index contributed by atoms with van der Waals surface area (Å²) in [4.78, 5) is 269. The third kappa shape index (κ3) is 35.1. The number of nitrogens with one attached hydrogen (secondary N) is 18. The molecule has 18 amide bonds. The summed E-state index contributed by atoms with van der Waals surface area (Å²) >= 11 is 8.34. The molecule has 1 aliphatic heterocycles. The zero-order chi connectivity index (χ0) is 101. The maximum Gasteiger partial charge on any atom is 0.325 e. The molecule has 1 saturated heterocycles. The number of carboxylic acids is 1. The number of aromatic nitrogens is 2. The number of aromatic hydroxyl groups is 1. The average Bonchev–Trinajstić information content (AvgIpc) is 1.49. The standard InChI is InChI=1S/C90H131N21O23S2/c1-43(2)30-57(91)77(120)106-67(42-136)84(127)102-60(27-28-69(92)115)79(122)109-74(49(11)112)87(130)104-61(31-44(3)4)78(121)96-40-72(118)108-73(46(7)8)86(129)110-75(50(12)113)88(131)105-65(33-51-23-25-54(114)26-24-51)89(132)111-29-17-22-68(111)85(128)97-39-71(117)100-63(34-52-36-93-58-20-15-13-18-55(52)58)81(124)103-62(32-45(5)6)80(123)98-47(9)76(119)95-38-70(116)101-64(35-53-37-94-59-21-16-14-19-56(53)59)82(125)107-66(41-135)83(126)99-48(10)90(133)134/h13-16,18-21,23-26,36-37,43-50,57,60-68,73-75,93-94,112-114,135-136H,17,22,27-35,38-42,91H2,1-12H3,(H2,92,115)(H,95,119)(H,96,121)(H,97,128)(H,98,123)(H,99,126)(H,100,117)(H,101,116)(H,102,127)(H,103,124)(H,104,130)(H,105,131)(H,106,120)(H,107,125)(H,108,118)(H,109,122)(H,110,129)(H,133,134)/t47-,48-,49+,50+,57-,60-,61-,62-,63-,64-,65-,66-,67-,68-,73-,74-,75-/m0/s1. The minimum Gasteiger partial charge on any atom is -0.508 e. The first-order valence-corrected chi connectivity index (χ1v) is 46.1. The van der Waals surface area contributed by atoms with Gasteiger partial charge >= 0.3 is 5.97 Å². The molecular formula is C90H131N21O23S2. The van der Waals surface area contributed by atoms with E-state index in [0.29, 0.717) is 38.5 Å². The number of rotatable bonds is 54. The second-order valence-electron chi connectivity index (χ2n) is 35.4. The number of likely N-dealkylation sites (tertiary alicyclic amines) is 1. The Kier molecular flexibility index (Phi) is 44.4. The number of fused-ring (bicyclic) bond motifs is 2. The van der Waals surface area contributed by atoms with Crippen molar-refractivity contribution in [1.82, 2.24) is 99.9 Å². The van der Waals surface area contributed by atoms with E-state index in [2.05, 4.69) is 120 Å². The van der Waals surface area contributed by atoms with E-state index in [1.54, 1.807) is 88.6 Å². The van der Waals surface area contributed by atoms with E-state index < -0.39 is 254 Å². The van der Waals surface area contributed by atoms with Gasteiger partial charge in [-0.25, -0.2) is 0 Å². The highest BCUT2D eigenvalue weighted by Crippen LogP contribution is 2.25. The SMILES string of the molecule is CC(C)C[C@H](NC(=O)[C@H](Cc1c[nH]c2ccccc12)NC(=O)CNC(=O)[C@@H]1CCCN1C(=O)[C@H](Cc1ccc(O)cc1)NC(=O)[C@@H](NC(=O)[C@@H](NC(=O)CNC(=O)[C@H](CC(C)C)NC(=O)[C@@H](NC(=O)[C@H](CCC(N)=O)NC(=O)[C@H](CS)NC(=O)[C@@H](N)CC(C)C)[C@@H](C)O)C(C)C)[C@@H](C)O)C(=O)N[C@@H](C)C(=O)NCC(=O)N[C@@H](Cc1c[nH]c2ccccc12)C(=O)N[C@@H](CS)C(=O)N[C@@H](C)C(=O)O. The lowest BCUT2D eigenvalue weighted by Gasteiger charge is -2.31. The first-order chi connectivity index (χ1) is 64.1. The molecule has 26 N–H and O–H groups in total. The van der Waals surface area contributed by atoms with Gasteiger partial charge in [0.25, 0.3) is 0 Å². The second kappa shape index (κ2) is 54.0. The fourth-order valence-corrected chi connectivity index (χ4v) is 15.3. The van der Waals surface area contributed by atoms with Gasteiger partial charge in [0.1, 0.15) is 90.3 Å². The van der Waals surface area contributed by atoms with Crippen molar-refractivity contribution in [3.63, 3.8) is 0 Å².